The Kier molecular flexibility index (Phi) is 4.81. The Morgan fingerprint density at radius 3 is 2.96 bits per heavy atom. The van der Waals surface area contributed by atoms with E-state index in [0.29, 0.717) is 13.0 Å². The number of hydrogen-bond donors (Lipinski definition) is 1. The van der Waals surface area contributed by atoms with Gasteiger partial charge in [-0.1, -0.05) is 6.92 Å². The van der Waals surface area contributed by atoms with Crippen LogP contribution in [0.3, 0.4) is 0 Å². The second-order valence-corrected chi connectivity index (χ2v) is 8.36. The molecular weight excluding hydrogens is 336 g/mol. The molecule has 1 aliphatic rings. The molecule has 2 aromatic heterocycles. The van der Waals surface area contributed by atoms with Crippen LogP contribution in [-0.2, 0) is 27.7 Å². The Morgan fingerprint density at radius 2 is 2.26 bits per heavy atom. The van der Waals surface area contributed by atoms with Crippen LogP contribution < -0.4 is 4.72 Å². The van der Waals surface area contributed by atoms with E-state index < -0.39 is 10.0 Å². The second-order valence-electron chi connectivity index (χ2n) is 5.31. The molecule has 0 aromatic carbocycles. The summed E-state index contributed by atoms with van der Waals surface area (Å²) in [6, 6.07) is -0.320. The Hall–Kier alpha value is -1.29. The molecule has 0 radical (unpaired) electrons. The highest BCUT2D eigenvalue weighted by molar-refractivity contribution is 7.91. The number of nitrogens with zero attached hydrogens (tertiary/aromatic N) is 3. The van der Waals surface area contributed by atoms with Crippen LogP contribution in [0, 0.1) is 0 Å². The molecule has 2 atom stereocenters. The van der Waals surface area contributed by atoms with Gasteiger partial charge in [0.1, 0.15) is 11.9 Å². The van der Waals surface area contributed by atoms with Crippen molar-refractivity contribution in [3.8, 4) is 0 Å². The summed E-state index contributed by atoms with van der Waals surface area (Å²) in [6.07, 6.45) is 5.99. The Morgan fingerprint density at radius 1 is 1.43 bits per heavy atom. The molecule has 1 saturated heterocycles. The van der Waals surface area contributed by atoms with Crippen molar-refractivity contribution < 1.29 is 13.2 Å². The first kappa shape index (κ1) is 16.6. The number of aromatic nitrogens is 3. The maximum atomic E-state index is 12.6. The van der Waals surface area contributed by atoms with Gasteiger partial charge < -0.3 is 9.30 Å². The molecule has 3 rings (SSSR count). The predicted molar refractivity (Wildman–Crippen MR) is 86.8 cm³/mol. The van der Waals surface area contributed by atoms with Crippen LogP contribution in [0.4, 0.5) is 0 Å². The minimum absolute atomic E-state index is 0.249. The fourth-order valence-corrected chi connectivity index (χ4v) is 5.06. The van der Waals surface area contributed by atoms with Crippen LogP contribution in [-0.4, -0.2) is 35.6 Å². The third-order valence-electron chi connectivity index (χ3n) is 3.84. The van der Waals surface area contributed by atoms with E-state index in [2.05, 4.69) is 14.7 Å². The lowest BCUT2D eigenvalue weighted by molar-refractivity contribution is 0.0926. The molecule has 0 spiro atoms. The van der Waals surface area contributed by atoms with Gasteiger partial charge in [-0.2, -0.15) is 0 Å². The molecule has 3 heterocycles. The van der Waals surface area contributed by atoms with E-state index >= 15 is 0 Å². The van der Waals surface area contributed by atoms with Crippen LogP contribution in [0.15, 0.2) is 22.8 Å². The normalized spacial score (nSPS) is 21.8. The number of rotatable bonds is 6. The molecule has 9 heteroatoms. The molecule has 1 fully saturated rings. The highest BCUT2D eigenvalue weighted by Crippen LogP contribution is 2.30. The number of ether oxygens (including phenoxy) is 1. The van der Waals surface area contributed by atoms with E-state index in [1.54, 1.807) is 6.20 Å². The Bertz CT molecular complexity index is 769. The van der Waals surface area contributed by atoms with Crippen molar-refractivity contribution in [2.45, 2.75) is 49.6 Å². The standard InChI is InChI=1S/C14H20N4O3S2/c1-3-11-16-9-12(22-11)23(19,20)17-10-5-8-21-13(10)14-15-6-7-18(14)4-2/h6-7,9-10,13,17H,3-5,8H2,1-2H3/t10-,13-/m1/s1. The maximum absolute atomic E-state index is 12.6. The summed E-state index contributed by atoms with van der Waals surface area (Å²) in [6.45, 7) is 5.25. The highest BCUT2D eigenvalue weighted by atomic mass is 32.2. The van der Waals surface area contributed by atoms with Gasteiger partial charge in [0, 0.05) is 25.5 Å². The van der Waals surface area contributed by atoms with Crippen molar-refractivity contribution >= 4 is 21.4 Å². The lowest BCUT2D eigenvalue weighted by Crippen LogP contribution is -2.37. The fraction of sp³-hybridized carbons (Fsp3) is 0.571. The van der Waals surface area contributed by atoms with Gasteiger partial charge in [0.2, 0.25) is 0 Å². The predicted octanol–water partition coefficient (Wildman–Crippen LogP) is 1.73. The molecule has 1 aliphatic heterocycles. The quantitative estimate of drug-likeness (QED) is 0.852. The van der Waals surface area contributed by atoms with Crippen molar-refractivity contribution in [2.75, 3.05) is 6.61 Å². The molecule has 23 heavy (non-hydrogen) atoms. The van der Waals surface area contributed by atoms with Gasteiger partial charge in [-0.3, -0.25) is 0 Å². The van der Waals surface area contributed by atoms with Crippen molar-refractivity contribution in [3.05, 3.63) is 29.4 Å². The van der Waals surface area contributed by atoms with Gasteiger partial charge in [0.15, 0.2) is 4.21 Å². The minimum atomic E-state index is -3.59. The third kappa shape index (κ3) is 3.32. The lowest BCUT2D eigenvalue weighted by atomic mass is 10.1. The summed E-state index contributed by atoms with van der Waals surface area (Å²) >= 11 is 1.21. The van der Waals surface area contributed by atoms with Crippen LogP contribution in [0.5, 0.6) is 0 Å². The number of imidazole rings is 1. The Labute approximate surface area is 139 Å². The lowest BCUT2D eigenvalue weighted by Gasteiger charge is -2.19. The summed E-state index contributed by atoms with van der Waals surface area (Å²) in [5.74, 6) is 0.760. The minimum Gasteiger partial charge on any atom is -0.369 e. The van der Waals surface area contributed by atoms with E-state index in [1.165, 1.54) is 17.5 Å². The molecule has 1 N–H and O–H groups in total. The van der Waals surface area contributed by atoms with Crippen LogP contribution in [0.25, 0.3) is 0 Å². The number of aryl methyl sites for hydroxylation is 2. The number of nitrogens with one attached hydrogen (secondary N) is 1. The first-order chi connectivity index (χ1) is 11.0. The maximum Gasteiger partial charge on any atom is 0.252 e. The first-order valence-electron chi connectivity index (χ1n) is 7.64. The van der Waals surface area contributed by atoms with Gasteiger partial charge in [-0.15, -0.1) is 11.3 Å². The van der Waals surface area contributed by atoms with E-state index in [-0.39, 0.29) is 16.4 Å². The average molecular weight is 356 g/mol. The molecule has 0 saturated carbocycles. The molecule has 0 amide bonds. The summed E-state index contributed by atoms with van der Waals surface area (Å²) in [5, 5.41) is 0.811. The van der Waals surface area contributed by atoms with Crippen molar-refractivity contribution in [3.63, 3.8) is 0 Å². The molecule has 126 valence electrons. The van der Waals surface area contributed by atoms with E-state index in [4.69, 9.17) is 4.74 Å². The van der Waals surface area contributed by atoms with Gasteiger partial charge in [-0.25, -0.2) is 23.1 Å². The summed E-state index contributed by atoms with van der Waals surface area (Å²) in [4.78, 5) is 8.46. The van der Waals surface area contributed by atoms with E-state index in [9.17, 15) is 8.42 Å². The zero-order valence-corrected chi connectivity index (χ0v) is 14.7. The topological polar surface area (TPSA) is 86.1 Å². The molecule has 2 aromatic rings. The van der Waals surface area contributed by atoms with E-state index in [1.807, 2.05) is 24.6 Å². The monoisotopic (exact) mass is 356 g/mol. The van der Waals surface area contributed by atoms with Gasteiger partial charge in [-0.05, 0) is 19.8 Å². The molecule has 0 aliphatic carbocycles. The number of hydrogen-bond acceptors (Lipinski definition) is 6. The van der Waals surface area contributed by atoms with Crippen molar-refractivity contribution in [2.24, 2.45) is 0 Å². The number of sulfonamides is 1. The van der Waals surface area contributed by atoms with Gasteiger partial charge in [0.05, 0.1) is 17.2 Å². The zero-order chi connectivity index (χ0) is 16.4. The largest absolute Gasteiger partial charge is 0.369 e. The Balaban J connectivity index is 1.81. The van der Waals surface area contributed by atoms with E-state index in [0.717, 1.165) is 23.8 Å². The second kappa shape index (κ2) is 6.68. The van der Waals surface area contributed by atoms with Crippen LogP contribution in [0.1, 0.15) is 37.2 Å². The third-order valence-corrected chi connectivity index (χ3v) is 6.93. The van der Waals surface area contributed by atoms with Crippen molar-refractivity contribution in [1.29, 1.82) is 0 Å². The average Bonchev–Trinajstić information content (AvgIpc) is 3.26. The fourth-order valence-electron chi connectivity index (χ4n) is 2.65. The van der Waals surface area contributed by atoms with Crippen LogP contribution >= 0.6 is 11.3 Å². The molecule has 0 bridgehead atoms. The van der Waals surface area contributed by atoms with Gasteiger partial charge >= 0.3 is 0 Å². The van der Waals surface area contributed by atoms with Gasteiger partial charge in [0.25, 0.3) is 10.0 Å². The summed E-state index contributed by atoms with van der Waals surface area (Å²) in [5.41, 5.74) is 0. The number of thiazole rings is 1. The SMILES string of the molecule is CCc1ncc(S(=O)(=O)N[C@@H]2CCO[C@H]2c2nccn2CC)s1. The van der Waals surface area contributed by atoms with Crippen molar-refractivity contribution in [1.82, 2.24) is 19.3 Å². The first-order valence-corrected chi connectivity index (χ1v) is 9.94. The molecule has 7 nitrogen and oxygen atoms in total. The molecular formula is C14H20N4O3S2. The smallest absolute Gasteiger partial charge is 0.252 e. The highest BCUT2D eigenvalue weighted by Gasteiger charge is 2.36. The zero-order valence-electron chi connectivity index (χ0n) is 13.1. The summed E-state index contributed by atoms with van der Waals surface area (Å²) in [7, 11) is -3.59. The van der Waals surface area contributed by atoms with Crippen LogP contribution in [0.2, 0.25) is 0 Å². The molecule has 0 unspecified atom stereocenters. The summed E-state index contributed by atoms with van der Waals surface area (Å²) < 4.78 is 35.8.